The molecule has 1 aromatic carbocycles. The molecule has 0 radical (unpaired) electrons. The van der Waals surface area contributed by atoms with E-state index in [-0.39, 0.29) is 33.7 Å². The lowest BCUT2D eigenvalue weighted by atomic mass is 10.0. The van der Waals surface area contributed by atoms with E-state index >= 15 is 0 Å². The number of carboxylic acids is 1. The average molecular weight is 325 g/mol. The summed E-state index contributed by atoms with van der Waals surface area (Å²) in [5.41, 5.74) is -0.127. The molecule has 2 rings (SSSR count). The Morgan fingerprint density at radius 1 is 1.23 bits per heavy atom. The van der Waals surface area contributed by atoms with E-state index in [4.69, 9.17) is 21.1 Å². The summed E-state index contributed by atoms with van der Waals surface area (Å²) >= 11 is 5.89. The third-order valence-corrected chi connectivity index (χ3v) is 3.23. The van der Waals surface area contributed by atoms with Gasteiger partial charge in [0, 0.05) is 5.56 Å². The van der Waals surface area contributed by atoms with Crippen molar-refractivity contribution in [3.8, 4) is 11.8 Å². The fourth-order valence-corrected chi connectivity index (χ4v) is 2.15. The smallest absolute Gasteiger partial charge is 0.337 e. The maximum atomic E-state index is 11.3. The Morgan fingerprint density at radius 3 is 2.32 bits per heavy atom. The van der Waals surface area contributed by atoms with Gasteiger partial charge in [-0.3, -0.25) is 0 Å². The molecular formula is C14H13ClN2O5. The fourth-order valence-electron chi connectivity index (χ4n) is 1.89. The summed E-state index contributed by atoms with van der Waals surface area (Å²) in [7, 11) is 2.81. The molecule has 0 bridgehead atoms. The van der Waals surface area contributed by atoms with E-state index in [1.54, 1.807) is 0 Å². The number of methoxy groups -OCH3 is 2. The zero-order valence-corrected chi connectivity index (χ0v) is 12.5. The molecule has 116 valence electrons. The van der Waals surface area contributed by atoms with Crippen LogP contribution in [0, 0.1) is 0 Å². The highest BCUT2D eigenvalue weighted by atomic mass is 35.5. The monoisotopic (exact) mass is 324 g/mol. The Bertz CT molecular complexity index is 685. The first-order valence-corrected chi connectivity index (χ1v) is 6.52. The van der Waals surface area contributed by atoms with Crippen molar-refractivity contribution in [1.82, 2.24) is 9.97 Å². The van der Waals surface area contributed by atoms with Gasteiger partial charge in [-0.15, -0.1) is 0 Å². The van der Waals surface area contributed by atoms with Crippen LogP contribution in [0.2, 0.25) is 5.02 Å². The molecule has 0 fully saturated rings. The number of aliphatic hydroxyl groups is 1. The number of nitrogens with zero attached hydrogens (tertiary/aromatic N) is 2. The van der Waals surface area contributed by atoms with Crippen molar-refractivity contribution in [3.05, 3.63) is 46.2 Å². The molecule has 0 aliphatic heterocycles. The number of aliphatic hydroxyl groups excluding tert-OH is 1. The van der Waals surface area contributed by atoms with Crippen LogP contribution in [0.15, 0.2) is 24.3 Å². The van der Waals surface area contributed by atoms with Crippen LogP contribution in [0.3, 0.4) is 0 Å². The third kappa shape index (κ3) is 3.10. The molecule has 1 heterocycles. The summed E-state index contributed by atoms with van der Waals surface area (Å²) in [4.78, 5) is 19.4. The van der Waals surface area contributed by atoms with Crippen LogP contribution in [0.1, 0.15) is 27.8 Å². The lowest BCUT2D eigenvalue weighted by Gasteiger charge is -2.14. The van der Waals surface area contributed by atoms with Crippen molar-refractivity contribution in [2.75, 3.05) is 14.2 Å². The fraction of sp³-hybridized carbons (Fsp3) is 0.214. The second kappa shape index (κ2) is 6.59. The molecule has 1 unspecified atom stereocenters. The van der Waals surface area contributed by atoms with E-state index in [9.17, 15) is 15.0 Å². The van der Waals surface area contributed by atoms with Crippen molar-refractivity contribution >= 4 is 17.6 Å². The van der Waals surface area contributed by atoms with Crippen LogP contribution < -0.4 is 9.47 Å². The van der Waals surface area contributed by atoms with Gasteiger partial charge in [-0.2, -0.15) is 9.97 Å². The summed E-state index contributed by atoms with van der Waals surface area (Å²) in [6, 6.07) is 5.83. The van der Waals surface area contributed by atoms with Crippen LogP contribution in [0.4, 0.5) is 0 Å². The van der Waals surface area contributed by atoms with Gasteiger partial charge < -0.3 is 19.7 Å². The van der Waals surface area contributed by atoms with Crippen LogP contribution >= 0.6 is 11.6 Å². The van der Waals surface area contributed by atoms with Crippen molar-refractivity contribution in [3.63, 3.8) is 0 Å². The second-order valence-electron chi connectivity index (χ2n) is 4.22. The molecule has 0 spiro atoms. The first-order valence-electron chi connectivity index (χ1n) is 6.14. The summed E-state index contributed by atoms with van der Waals surface area (Å²) in [6.45, 7) is 0. The van der Waals surface area contributed by atoms with E-state index < -0.39 is 12.1 Å². The molecule has 1 atom stereocenters. The van der Waals surface area contributed by atoms with Crippen LogP contribution in [0.25, 0.3) is 0 Å². The molecule has 22 heavy (non-hydrogen) atoms. The number of carboxylic acid groups (broad SMARTS) is 1. The van der Waals surface area contributed by atoms with Crippen molar-refractivity contribution in [2.24, 2.45) is 0 Å². The number of aromatic carboxylic acids is 1. The molecule has 0 aliphatic rings. The summed E-state index contributed by atoms with van der Waals surface area (Å²) in [5.74, 6) is -0.949. The predicted octanol–water partition coefficient (Wildman–Crippen LogP) is 1.93. The first-order chi connectivity index (χ1) is 10.5. The van der Waals surface area contributed by atoms with Gasteiger partial charge in [0.1, 0.15) is 6.10 Å². The molecule has 0 saturated carbocycles. The number of ether oxygens (including phenoxy) is 2. The van der Waals surface area contributed by atoms with Gasteiger partial charge in [-0.05, 0) is 6.07 Å². The number of benzene rings is 1. The van der Waals surface area contributed by atoms with Gasteiger partial charge in [-0.1, -0.05) is 23.7 Å². The van der Waals surface area contributed by atoms with Crippen molar-refractivity contribution in [1.29, 1.82) is 0 Å². The SMILES string of the molecule is COc1cc(OC)nc(C(O)c2cccc(Cl)c2C(=O)O)n1. The highest BCUT2D eigenvalue weighted by Gasteiger charge is 2.24. The molecule has 0 amide bonds. The lowest BCUT2D eigenvalue weighted by molar-refractivity contribution is 0.0691. The number of hydrogen-bond acceptors (Lipinski definition) is 6. The average Bonchev–Trinajstić information content (AvgIpc) is 2.52. The zero-order valence-electron chi connectivity index (χ0n) is 11.8. The summed E-state index contributed by atoms with van der Waals surface area (Å²) in [6.07, 6.45) is -1.39. The number of aromatic nitrogens is 2. The van der Waals surface area contributed by atoms with E-state index in [1.165, 1.54) is 38.5 Å². The van der Waals surface area contributed by atoms with E-state index in [0.29, 0.717) is 0 Å². The lowest BCUT2D eigenvalue weighted by Crippen LogP contribution is -2.12. The van der Waals surface area contributed by atoms with Crippen LogP contribution in [-0.2, 0) is 0 Å². The molecule has 7 nitrogen and oxygen atoms in total. The van der Waals surface area contributed by atoms with Crippen LogP contribution in [-0.4, -0.2) is 40.4 Å². The molecule has 2 aromatic rings. The van der Waals surface area contributed by atoms with E-state index in [2.05, 4.69) is 9.97 Å². The van der Waals surface area contributed by atoms with Gasteiger partial charge in [-0.25, -0.2) is 4.79 Å². The molecular weight excluding hydrogens is 312 g/mol. The Balaban J connectivity index is 2.55. The predicted molar refractivity (Wildman–Crippen MR) is 77.6 cm³/mol. The first kappa shape index (κ1) is 16.0. The topological polar surface area (TPSA) is 102 Å². The molecule has 0 aliphatic carbocycles. The Kier molecular flexibility index (Phi) is 4.79. The number of carbonyl (C=O) groups is 1. The van der Waals surface area contributed by atoms with Crippen LogP contribution in [0.5, 0.6) is 11.8 Å². The molecule has 8 heteroatoms. The van der Waals surface area contributed by atoms with Gasteiger partial charge >= 0.3 is 5.97 Å². The van der Waals surface area contributed by atoms with Gasteiger partial charge in [0.2, 0.25) is 11.8 Å². The largest absolute Gasteiger partial charge is 0.481 e. The molecule has 0 saturated heterocycles. The van der Waals surface area contributed by atoms with E-state index in [1.807, 2.05) is 0 Å². The minimum absolute atomic E-state index is 0.0129. The minimum atomic E-state index is -1.39. The number of halogens is 1. The Morgan fingerprint density at radius 2 is 1.82 bits per heavy atom. The Labute approximate surface area is 131 Å². The number of hydrogen-bond donors (Lipinski definition) is 2. The van der Waals surface area contributed by atoms with Gasteiger partial charge in [0.15, 0.2) is 5.82 Å². The van der Waals surface area contributed by atoms with Crippen molar-refractivity contribution in [2.45, 2.75) is 6.10 Å². The standard InChI is InChI=1S/C14H13ClN2O5/c1-21-9-6-10(22-2)17-13(16-9)12(18)7-4-3-5-8(15)11(7)14(19)20/h3-6,12,18H,1-2H3,(H,19,20). The van der Waals surface area contributed by atoms with Gasteiger partial charge in [0.25, 0.3) is 0 Å². The second-order valence-corrected chi connectivity index (χ2v) is 4.63. The van der Waals surface area contributed by atoms with Crippen molar-refractivity contribution < 1.29 is 24.5 Å². The summed E-state index contributed by atoms with van der Waals surface area (Å²) < 4.78 is 10.0. The Hall–Kier alpha value is -2.38. The molecule has 1 aromatic heterocycles. The molecule has 2 N–H and O–H groups in total. The maximum absolute atomic E-state index is 11.3. The van der Waals surface area contributed by atoms with E-state index in [0.717, 1.165) is 0 Å². The maximum Gasteiger partial charge on any atom is 0.337 e. The third-order valence-electron chi connectivity index (χ3n) is 2.91. The normalized spacial score (nSPS) is 11.8. The highest BCUT2D eigenvalue weighted by molar-refractivity contribution is 6.33. The minimum Gasteiger partial charge on any atom is -0.481 e. The summed E-state index contributed by atoms with van der Waals surface area (Å²) in [5, 5.41) is 19.7. The quantitative estimate of drug-likeness (QED) is 0.866. The van der Waals surface area contributed by atoms with Gasteiger partial charge in [0.05, 0.1) is 30.9 Å². The highest BCUT2D eigenvalue weighted by Crippen LogP contribution is 2.29. The number of rotatable bonds is 5. The zero-order chi connectivity index (χ0) is 16.3.